The Morgan fingerprint density at radius 2 is 1.83 bits per heavy atom. The monoisotopic (exact) mass is 352 g/mol. The Morgan fingerprint density at radius 3 is 2.56 bits per heavy atom. The van der Waals surface area contributed by atoms with Crippen molar-refractivity contribution in [2.24, 2.45) is 5.92 Å². The van der Waals surface area contributed by atoms with Crippen LogP contribution in [-0.4, -0.2) is 9.78 Å². The van der Waals surface area contributed by atoms with Crippen molar-refractivity contribution in [2.45, 2.75) is 32.2 Å². The van der Waals surface area contributed by atoms with Crippen molar-refractivity contribution < 1.29 is 0 Å². The molecule has 1 saturated carbocycles. The van der Waals surface area contributed by atoms with E-state index in [0.29, 0.717) is 0 Å². The minimum absolute atomic E-state index is 0.842. The van der Waals surface area contributed by atoms with Crippen LogP contribution in [0.4, 0.5) is 0 Å². The second-order valence-electron chi connectivity index (χ2n) is 5.11. The highest BCUT2D eigenvalue weighted by molar-refractivity contribution is 14.1. The van der Waals surface area contributed by atoms with Crippen molar-refractivity contribution in [2.75, 3.05) is 0 Å². The summed E-state index contributed by atoms with van der Waals surface area (Å²) in [4.78, 5) is 0. The van der Waals surface area contributed by atoms with Gasteiger partial charge in [0.2, 0.25) is 0 Å². The third-order valence-electron chi connectivity index (χ3n) is 3.73. The van der Waals surface area contributed by atoms with Crippen molar-refractivity contribution in [3.8, 4) is 11.1 Å². The first-order chi connectivity index (χ1) is 8.81. The van der Waals surface area contributed by atoms with E-state index in [1.165, 1.54) is 40.4 Å². The zero-order valence-corrected chi connectivity index (χ0v) is 12.5. The molecule has 0 aliphatic heterocycles. The molecule has 1 aliphatic rings. The van der Waals surface area contributed by atoms with Crippen LogP contribution in [0, 0.1) is 9.49 Å². The van der Waals surface area contributed by atoms with Gasteiger partial charge >= 0.3 is 0 Å². The number of hydrogen-bond donors (Lipinski definition) is 0. The molecule has 0 amide bonds. The summed E-state index contributed by atoms with van der Waals surface area (Å²) in [6.45, 7) is 1.09. The van der Waals surface area contributed by atoms with Gasteiger partial charge in [-0.25, -0.2) is 0 Å². The SMILES string of the molecule is Ic1ccc(-c2cnn(CC3CCCC3)c2)cc1. The number of halogens is 1. The fourth-order valence-electron chi connectivity index (χ4n) is 2.71. The lowest BCUT2D eigenvalue weighted by Gasteiger charge is -2.08. The molecule has 2 nitrogen and oxygen atoms in total. The fourth-order valence-corrected chi connectivity index (χ4v) is 3.07. The molecule has 0 unspecified atom stereocenters. The van der Waals surface area contributed by atoms with Gasteiger partial charge in [0.15, 0.2) is 0 Å². The average Bonchev–Trinajstić information content (AvgIpc) is 3.02. The molecule has 0 bridgehead atoms. The highest BCUT2D eigenvalue weighted by Gasteiger charge is 2.15. The summed E-state index contributed by atoms with van der Waals surface area (Å²) in [5.74, 6) is 0.842. The number of hydrogen-bond acceptors (Lipinski definition) is 1. The molecule has 0 radical (unpaired) electrons. The van der Waals surface area contributed by atoms with E-state index < -0.39 is 0 Å². The summed E-state index contributed by atoms with van der Waals surface area (Å²) < 4.78 is 3.39. The van der Waals surface area contributed by atoms with E-state index in [2.05, 4.69) is 62.8 Å². The molecule has 1 aromatic carbocycles. The average molecular weight is 352 g/mol. The molecule has 3 heteroatoms. The van der Waals surface area contributed by atoms with Crippen LogP contribution in [0.25, 0.3) is 11.1 Å². The lowest BCUT2D eigenvalue weighted by atomic mass is 10.1. The van der Waals surface area contributed by atoms with E-state index in [-0.39, 0.29) is 0 Å². The van der Waals surface area contributed by atoms with Gasteiger partial charge in [0, 0.05) is 21.9 Å². The molecule has 18 heavy (non-hydrogen) atoms. The molecule has 1 aliphatic carbocycles. The van der Waals surface area contributed by atoms with Crippen molar-refractivity contribution in [1.82, 2.24) is 9.78 Å². The normalized spacial score (nSPS) is 16.3. The number of nitrogens with zero attached hydrogens (tertiary/aromatic N) is 2. The number of aromatic nitrogens is 2. The Balaban J connectivity index is 1.74. The molecular weight excluding hydrogens is 335 g/mol. The number of benzene rings is 1. The molecule has 1 heterocycles. The summed E-state index contributed by atoms with van der Waals surface area (Å²) in [6, 6.07) is 8.62. The van der Waals surface area contributed by atoms with Crippen LogP contribution >= 0.6 is 22.6 Å². The molecule has 1 fully saturated rings. The first kappa shape index (κ1) is 12.2. The lowest BCUT2D eigenvalue weighted by molar-refractivity contribution is 0.429. The first-order valence-electron chi connectivity index (χ1n) is 6.60. The van der Waals surface area contributed by atoms with E-state index >= 15 is 0 Å². The van der Waals surface area contributed by atoms with Crippen LogP contribution in [0.2, 0.25) is 0 Å². The maximum Gasteiger partial charge on any atom is 0.0568 e. The predicted octanol–water partition coefficient (Wildman–Crippen LogP) is 4.34. The molecule has 1 aromatic heterocycles. The van der Waals surface area contributed by atoms with Gasteiger partial charge in [-0.2, -0.15) is 5.10 Å². The standard InChI is InChI=1S/C15H17IN2/c16-15-7-5-13(6-8-15)14-9-17-18(11-14)10-12-3-1-2-4-12/h5-9,11-12H,1-4,10H2. The summed E-state index contributed by atoms with van der Waals surface area (Å²) in [5, 5.41) is 4.49. The zero-order valence-electron chi connectivity index (χ0n) is 10.3. The molecule has 2 aromatic rings. The van der Waals surface area contributed by atoms with E-state index in [9.17, 15) is 0 Å². The van der Waals surface area contributed by atoms with E-state index in [1.54, 1.807) is 0 Å². The summed E-state index contributed by atoms with van der Waals surface area (Å²) >= 11 is 2.33. The maximum absolute atomic E-state index is 4.49. The minimum atomic E-state index is 0.842. The van der Waals surface area contributed by atoms with Crippen molar-refractivity contribution in [3.05, 3.63) is 40.2 Å². The summed E-state index contributed by atoms with van der Waals surface area (Å²) in [7, 11) is 0. The largest absolute Gasteiger partial charge is 0.272 e. The van der Waals surface area contributed by atoms with E-state index in [1.807, 2.05) is 6.20 Å². The maximum atomic E-state index is 4.49. The summed E-state index contributed by atoms with van der Waals surface area (Å²) in [6.07, 6.45) is 9.71. The molecule has 0 atom stereocenters. The van der Waals surface area contributed by atoms with Gasteiger partial charge in [0.05, 0.1) is 6.20 Å². The predicted molar refractivity (Wildman–Crippen MR) is 82.3 cm³/mol. The molecule has 94 valence electrons. The molecular formula is C15H17IN2. The van der Waals surface area contributed by atoms with Crippen LogP contribution in [0.3, 0.4) is 0 Å². The van der Waals surface area contributed by atoms with Crippen molar-refractivity contribution in [3.63, 3.8) is 0 Å². The Bertz CT molecular complexity index is 510. The van der Waals surface area contributed by atoms with Crippen LogP contribution in [0.1, 0.15) is 25.7 Å². The van der Waals surface area contributed by atoms with Crippen LogP contribution in [0.15, 0.2) is 36.7 Å². The van der Waals surface area contributed by atoms with Gasteiger partial charge in [0.25, 0.3) is 0 Å². The third-order valence-corrected chi connectivity index (χ3v) is 4.45. The van der Waals surface area contributed by atoms with Gasteiger partial charge in [-0.1, -0.05) is 25.0 Å². The van der Waals surface area contributed by atoms with Gasteiger partial charge in [-0.15, -0.1) is 0 Å². The topological polar surface area (TPSA) is 17.8 Å². The molecule has 0 N–H and O–H groups in total. The van der Waals surface area contributed by atoms with Gasteiger partial charge in [-0.05, 0) is 59.0 Å². The molecule has 0 saturated heterocycles. The van der Waals surface area contributed by atoms with Crippen LogP contribution < -0.4 is 0 Å². The highest BCUT2D eigenvalue weighted by Crippen LogP contribution is 2.27. The van der Waals surface area contributed by atoms with E-state index in [4.69, 9.17) is 0 Å². The second-order valence-corrected chi connectivity index (χ2v) is 6.35. The Hall–Kier alpha value is -0.840. The second kappa shape index (κ2) is 5.43. The Labute approximate surface area is 122 Å². The van der Waals surface area contributed by atoms with Crippen LogP contribution in [0.5, 0.6) is 0 Å². The first-order valence-corrected chi connectivity index (χ1v) is 7.67. The van der Waals surface area contributed by atoms with Crippen molar-refractivity contribution in [1.29, 1.82) is 0 Å². The lowest BCUT2D eigenvalue weighted by Crippen LogP contribution is -2.07. The number of rotatable bonds is 3. The Morgan fingerprint density at radius 1 is 1.11 bits per heavy atom. The third kappa shape index (κ3) is 2.76. The zero-order chi connectivity index (χ0) is 12.4. The van der Waals surface area contributed by atoms with Gasteiger partial charge in [-0.3, -0.25) is 4.68 Å². The quantitative estimate of drug-likeness (QED) is 0.752. The van der Waals surface area contributed by atoms with E-state index in [0.717, 1.165) is 12.5 Å². The summed E-state index contributed by atoms with van der Waals surface area (Å²) in [5.41, 5.74) is 2.48. The molecule has 0 spiro atoms. The van der Waals surface area contributed by atoms with Crippen molar-refractivity contribution >= 4 is 22.6 Å². The highest BCUT2D eigenvalue weighted by atomic mass is 127. The van der Waals surface area contributed by atoms with Crippen LogP contribution in [-0.2, 0) is 6.54 Å². The molecule has 3 rings (SSSR count). The Kier molecular flexibility index (Phi) is 3.68. The smallest absolute Gasteiger partial charge is 0.0568 e. The minimum Gasteiger partial charge on any atom is -0.272 e. The van der Waals surface area contributed by atoms with Gasteiger partial charge in [0.1, 0.15) is 0 Å². The van der Waals surface area contributed by atoms with Gasteiger partial charge < -0.3 is 0 Å². The fraction of sp³-hybridized carbons (Fsp3) is 0.400.